The molecule has 2 aromatic rings. The van der Waals surface area contributed by atoms with Crippen molar-refractivity contribution < 1.29 is 9.90 Å². The van der Waals surface area contributed by atoms with Gasteiger partial charge < -0.3 is 15.8 Å². The summed E-state index contributed by atoms with van der Waals surface area (Å²) in [5.41, 5.74) is 7.50. The molecule has 0 saturated carbocycles. The van der Waals surface area contributed by atoms with Gasteiger partial charge in [-0.25, -0.2) is 0 Å². The zero-order valence-corrected chi connectivity index (χ0v) is 10.6. The van der Waals surface area contributed by atoms with E-state index in [1.807, 2.05) is 24.4 Å². The first-order valence-electron chi connectivity index (χ1n) is 4.82. The number of fused-ring (bicyclic) bond motifs is 1. The number of carboxylic acids is 1. The molecule has 0 bridgehead atoms. The minimum Gasteiger partial charge on any atom is -0.480 e. The molecule has 1 aromatic carbocycles. The lowest BCUT2D eigenvalue weighted by Crippen LogP contribution is -2.32. The molecule has 4 N–H and O–H groups in total. The first-order valence-corrected chi connectivity index (χ1v) is 5.90. The lowest BCUT2D eigenvalue weighted by atomic mass is 10.1. The third-order valence-electron chi connectivity index (χ3n) is 2.49. The fraction of sp³-hybridized carbons (Fsp3) is 0.182. The van der Waals surface area contributed by atoms with Crippen molar-refractivity contribution in [1.82, 2.24) is 4.98 Å². The van der Waals surface area contributed by atoms with Crippen LogP contribution in [0.5, 0.6) is 0 Å². The molecule has 1 aromatic heterocycles. The Bertz CT molecular complexity index is 536. The summed E-state index contributed by atoms with van der Waals surface area (Å²) < 4.78 is 1.10. The second kappa shape index (κ2) is 4.42. The lowest BCUT2D eigenvalue weighted by Gasteiger charge is -2.05. The van der Waals surface area contributed by atoms with Crippen LogP contribution in [0.4, 0.5) is 0 Å². The Hall–Kier alpha value is -1.08. The zero-order valence-electron chi connectivity index (χ0n) is 8.40. The molecule has 0 aliphatic rings. The Morgan fingerprint density at radius 3 is 3.00 bits per heavy atom. The number of aliphatic carboxylic acids is 1. The Kier molecular flexibility index (Phi) is 3.15. The maximum atomic E-state index is 10.7. The number of nitrogens with one attached hydrogen (secondary N) is 1. The van der Waals surface area contributed by atoms with Crippen molar-refractivity contribution in [3.63, 3.8) is 0 Å². The third kappa shape index (κ3) is 2.05. The molecule has 16 heavy (non-hydrogen) atoms. The molecule has 0 saturated heterocycles. The lowest BCUT2D eigenvalue weighted by molar-refractivity contribution is -0.138. The van der Waals surface area contributed by atoms with Crippen LogP contribution in [-0.2, 0) is 11.2 Å². The van der Waals surface area contributed by atoms with Gasteiger partial charge in [-0.3, -0.25) is 4.79 Å². The average Bonchev–Trinajstić information content (AvgIpc) is 2.63. The molecule has 0 aliphatic carbocycles. The molecular formula is C11H11IN2O2. The van der Waals surface area contributed by atoms with Gasteiger partial charge in [0, 0.05) is 27.1 Å². The molecule has 1 heterocycles. The van der Waals surface area contributed by atoms with Gasteiger partial charge in [-0.05, 0) is 40.3 Å². The Morgan fingerprint density at radius 2 is 2.31 bits per heavy atom. The molecule has 0 amide bonds. The number of halogens is 1. The first-order chi connectivity index (χ1) is 7.59. The number of rotatable bonds is 3. The summed E-state index contributed by atoms with van der Waals surface area (Å²) in [6.45, 7) is 0. The van der Waals surface area contributed by atoms with Gasteiger partial charge in [0.15, 0.2) is 0 Å². The number of aromatic nitrogens is 1. The van der Waals surface area contributed by atoms with Crippen LogP contribution in [0.25, 0.3) is 10.9 Å². The van der Waals surface area contributed by atoms with Crippen molar-refractivity contribution in [2.75, 3.05) is 0 Å². The van der Waals surface area contributed by atoms with Crippen molar-refractivity contribution in [3.8, 4) is 0 Å². The van der Waals surface area contributed by atoms with Crippen LogP contribution in [0.3, 0.4) is 0 Å². The van der Waals surface area contributed by atoms with Gasteiger partial charge in [0.25, 0.3) is 0 Å². The van der Waals surface area contributed by atoms with Gasteiger partial charge in [-0.15, -0.1) is 0 Å². The third-order valence-corrected chi connectivity index (χ3v) is 3.39. The van der Waals surface area contributed by atoms with Gasteiger partial charge in [-0.1, -0.05) is 6.07 Å². The van der Waals surface area contributed by atoms with Crippen molar-refractivity contribution in [3.05, 3.63) is 33.5 Å². The number of hydrogen-bond donors (Lipinski definition) is 3. The summed E-state index contributed by atoms with van der Waals surface area (Å²) in [7, 11) is 0. The molecule has 1 unspecified atom stereocenters. The van der Waals surface area contributed by atoms with Crippen molar-refractivity contribution >= 4 is 39.5 Å². The highest BCUT2D eigenvalue weighted by Gasteiger charge is 2.15. The molecule has 1 atom stereocenters. The number of benzene rings is 1. The second-order valence-electron chi connectivity index (χ2n) is 3.63. The van der Waals surface area contributed by atoms with Crippen LogP contribution in [0.15, 0.2) is 24.4 Å². The van der Waals surface area contributed by atoms with Crippen LogP contribution < -0.4 is 5.73 Å². The van der Waals surface area contributed by atoms with Gasteiger partial charge in [0.2, 0.25) is 0 Å². The van der Waals surface area contributed by atoms with Gasteiger partial charge in [-0.2, -0.15) is 0 Å². The Balaban J connectivity index is 2.42. The second-order valence-corrected chi connectivity index (χ2v) is 4.79. The summed E-state index contributed by atoms with van der Waals surface area (Å²) in [5, 5.41) is 9.85. The molecule has 4 nitrogen and oxygen atoms in total. The van der Waals surface area contributed by atoms with E-state index in [1.54, 1.807) is 0 Å². The highest BCUT2D eigenvalue weighted by Crippen LogP contribution is 2.24. The molecule has 2 rings (SSSR count). The number of aromatic amines is 1. The first kappa shape index (κ1) is 11.4. The Labute approximate surface area is 106 Å². The maximum absolute atomic E-state index is 10.7. The minimum absolute atomic E-state index is 0.343. The van der Waals surface area contributed by atoms with Crippen molar-refractivity contribution in [2.45, 2.75) is 12.5 Å². The van der Waals surface area contributed by atoms with E-state index >= 15 is 0 Å². The van der Waals surface area contributed by atoms with Crippen LogP contribution in [0.2, 0.25) is 0 Å². The van der Waals surface area contributed by atoms with E-state index in [1.165, 1.54) is 0 Å². The highest BCUT2D eigenvalue weighted by molar-refractivity contribution is 14.1. The van der Waals surface area contributed by atoms with Crippen LogP contribution in [-0.4, -0.2) is 22.1 Å². The van der Waals surface area contributed by atoms with Crippen LogP contribution in [0, 0.1) is 3.57 Å². The van der Waals surface area contributed by atoms with E-state index in [2.05, 4.69) is 27.6 Å². The van der Waals surface area contributed by atoms with Crippen molar-refractivity contribution in [1.29, 1.82) is 0 Å². The van der Waals surface area contributed by atoms with E-state index < -0.39 is 12.0 Å². The quantitative estimate of drug-likeness (QED) is 0.750. The highest BCUT2D eigenvalue weighted by atomic mass is 127. The monoisotopic (exact) mass is 330 g/mol. The van der Waals surface area contributed by atoms with E-state index in [4.69, 9.17) is 10.8 Å². The maximum Gasteiger partial charge on any atom is 0.320 e. The van der Waals surface area contributed by atoms with E-state index in [0.717, 1.165) is 20.0 Å². The molecule has 0 spiro atoms. The number of H-pyrrole nitrogens is 1. The Morgan fingerprint density at radius 1 is 1.56 bits per heavy atom. The van der Waals surface area contributed by atoms with Crippen molar-refractivity contribution in [2.24, 2.45) is 5.73 Å². The summed E-state index contributed by atoms with van der Waals surface area (Å²) in [6.07, 6.45) is 2.17. The summed E-state index contributed by atoms with van der Waals surface area (Å²) in [6, 6.07) is 5.07. The van der Waals surface area contributed by atoms with Gasteiger partial charge in [0.1, 0.15) is 6.04 Å². The predicted octanol–water partition coefficient (Wildman–Crippen LogP) is 1.73. The van der Waals surface area contributed by atoms with Crippen LogP contribution in [0.1, 0.15) is 5.56 Å². The molecule has 5 heteroatoms. The molecular weight excluding hydrogens is 319 g/mol. The summed E-state index contributed by atoms with van der Waals surface area (Å²) in [5.74, 6) is -0.972. The van der Waals surface area contributed by atoms with Gasteiger partial charge >= 0.3 is 5.97 Å². The molecule has 0 radical (unpaired) electrons. The average molecular weight is 330 g/mol. The topological polar surface area (TPSA) is 79.1 Å². The summed E-state index contributed by atoms with van der Waals surface area (Å²) in [4.78, 5) is 13.8. The molecule has 84 valence electrons. The zero-order chi connectivity index (χ0) is 11.7. The van der Waals surface area contributed by atoms with Gasteiger partial charge in [0.05, 0.1) is 0 Å². The van der Waals surface area contributed by atoms with E-state index in [-0.39, 0.29) is 0 Å². The predicted molar refractivity (Wildman–Crippen MR) is 70.3 cm³/mol. The number of carboxylic acid groups (broad SMARTS) is 1. The fourth-order valence-electron chi connectivity index (χ4n) is 1.69. The largest absolute Gasteiger partial charge is 0.480 e. The smallest absolute Gasteiger partial charge is 0.320 e. The van der Waals surface area contributed by atoms with E-state index in [9.17, 15) is 4.79 Å². The SMILES string of the molecule is NC(Cc1c[nH]c2cccc(I)c12)C(=O)O. The number of carbonyl (C=O) groups is 1. The number of hydrogen-bond acceptors (Lipinski definition) is 2. The van der Waals surface area contributed by atoms with Crippen LogP contribution >= 0.6 is 22.6 Å². The summed E-state index contributed by atoms with van der Waals surface area (Å²) >= 11 is 2.24. The fourth-order valence-corrected chi connectivity index (χ4v) is 2.54. The normalized spacial score (nSPS) is 12.9. The molecule has 0 fully saturated rings. The number of nitrogens with two attached hydrogens (primary N) is 1. The molecule has 0 aliphatic heterocycles. The standard InChI is InChI=1S/C11H11IN2O2/c12-7-2-1-3-9-10(7)6(5-14-9)4-8(13)11(15)16/h1-3,5,8,14H,4,13H2,(H,15,16). The van der Waals surface area contributed by atoms with E-state index in [0.29, 0.717) is 6.42 Å². The minimum atomic E-state index is -0.972.